The summed E-state index contributed by atoms with van der Waals surface area (Å²) < 4.78 is 25.4. The zero-order valence-corrected chi connectivity index (χ0v) is 12.7. The smallest absolute Gasteiger partial charge is 0.351 e. The molecule has 1 aliphatic rings. The molecule has 0 unspecified atom stereocenters. The Morgan fingerprint density at radius 2 is 2.12 bits per heavy atom. The van der Waals surface area contributed by atoms with E-state index in [4.69, 9.17) is 15.2 Å². The Morgan fingerprint density at radius 1 is 1.38 bits per heavy atom. The fourth-order valence-electron chi connectivity index (χ4n) is 2.50. The van der Waals surface area contributed by atoms with Crippen molar-refractivity contribution in [1.82, 2.24) is 9.55 Å². The summed E-state index contributed by atoms with van der Waals surface area (Å²) in [6, 6.07) is 8.60. The van der Waals surface area contributed by atoms with E-state index in [1.165, 1.54) is 0 Å². The van der Waals surface area contributed by atoms with Gasteiger partial charge in [0.05, 0.1) is 17.9 Å². The normalized spacial score (nSPS) is 20.0. The van der Waals surface area contributed by atoms with E-state index in [2.05, 4.69) is 4.98 Å². The van der Waals surface area contributed by atoms with Gasteiger partial charge in [-0.1, -0.05) is 18.2 Å². The van der Waals surface area contributed by atoms with Crippen molar-refractivity contribution in [3.63, 3.8) is 0 Å². The molecular weight excluding hydrogens is 317 g/mol. The Balaban J connectivity index is 1.59. The minimum Gasteiger partial charge on any atom is -0.459 e. The average Bonchev–Trinajstić information content (AvgIpc) is 3.05. The van der Waals surface area contributed by atoms with E-state index in [9.17, 15) is 14.0 Å². The Labute approximate surface area is 136 Å². The molecule has 2 N–H and O–H groups in total. The SMILES string of the molecule is Nc1nc(=O)n([C@H]2CC[C@@H](COC(=O)c3ccccc3)O2)cc1F. The van der Waals surface area contributed by atoms with Crippen molar-refractivity contribution >= 4 is 11.8 Å². The van der Waals surface area contributed by atoms with E-state index in [1.807, 2.05) is 0 Å². The molecule has 0 bridgehead atoms. The minimum atomic E-state index is -0.780. The van der Waals surface area contributed by atoms with Crippen LogP contribution in [-0.2, 0) is 9.47 Å². The maximum Gasteiger partial charge on any atom is 0.351 e. The van der Waals surface area contributed by atoms with E-state index >= 15 is 0 Å². The number of hydrogen-bond acceptors (Lipinski definition) is 6. The first-order chi connectivity index (χ1) is 11.5. The summed E-state index contributed by atoms with van der Waals surface area (Å²) in [5.41, 5.74) is 5.03. The van der Waals surface area contributed by atoms with Crippen LogP contribution < -0.4 is 11.4 Å². The van der Waals surface area contributed by atoms with Gasteiger partial charge in [0, 0.05) is 0 Å². The summed E-state index contributed by atoms with van der Waals surface area (Å²) in [6.07, 6.45) is 1.02. The molecule has 1 aromatic carbocycles. The molecule has 2 atom stereocenters. The standard InChI is InChI=1S/C16H16FN3O4/c17-12-8-20(16(22)19-14(12)18)13-7-6-11(24-13)9-23-15(21)10-4-2-1-3-5-10/h1-5,8,11,13H,6-7,9H2,(H2,18,19,22)/t11-,13+/m0/s1. The van der Waals surface area contributed by atoms with Crippen LogP contribution in [0.25, 0.3) is 0 Å². The van der Waals surface area contributed by atoms with E-state index < -0.39 is 29.5 Å². The minimum absolute atomic E-state index is 0.0594. The predicted molar refractivity (Wildman–Crippen MR) is 82.7 cm³/mol. The second kappa shape index (κ2) is 6.79. The first kappa shape index (κ1) is 16.1. The third-order valence-electron chi connectivity index (χ3n) is 3.74. The molecule has 0 saturated carbocycles. The van der Waals surface area contributed by atoms with Crippen LogP contribution in [0.1, 0.15) is 29.4 Å². The highest BCUT2D eigenvalue weighted by molar-refractivity contribution is 5.89. The number of hydrogen-bond donors (Lipinski definition) is 1. The first-order valence-corrected chi connectivity index (χ1v) is 7.46. The first-order valence-electron chi connectivity index (χ1n) is 7.46. The van der Waals surface area contributed by atoms with Crippen LogP contribution in [0.2, 0.25) is 0 Å². The molecule has 126 valence electrons. The number of ether oxygens (including phenoxy) is 2. The third kappa shape index (κ3) is 3.43. The molecule has 3 rings (SSSR count). The van der Waals surface area contributed by atoms with Crippen LogP contribution in [0.15, 0.2) is 41.3 Å². The van der Waals surface area contributed by atoms with Crippen molar-refractivity contribution < 1.29 is 18.7 Å². The molecule has 2 aromatic rings. The molecule has 1 aromatic heterocycles. The van der Waals surface area contributed by atoms with Gasteiger partial charge >= 0.3 is 11.7 Å². The highest BCUT2D eigenvalue weighted by atomic mass is 19.1. The molecule has 1 fully saturated rings. The van der Waals surface area contributed by atoms with Gasteiger partial charge in [-0.25, -0.2) is 14.0 Å². The van der Waals surface area contributed by atoms with Gasteiger partial charge in [0.2, 0.25) is 0 Å². The molecule has 0 radical (unpaired) electrons. The van der Waals surface area contributed by atoms with Crippen molar-refractivity contribution in [2.45, 2.75) is 25.2 Å². The van der Waals surface area contributed by atoms with Crippen LogP contribution in [0.4, 0.5) is 10.2 Å². The number of nitrogens with two attached hydrogens (primary N) is 1. The maximum absolute atomic E-state index is 13.5. The summed E-state index contributed by atoms with van der Waals surface area (Å²) in [7, 11) is 0. The Morgan fingerprint density at radius 3 is 2.88 bits per heavy atom. The second-order valence-corrected chi connectivity index (χ2v) is 5.42. The molecule has 7 nitrogen and oxygen atoms in total. The number of halogens is 1. The predicted octanol–water partition coefficient (Wildman–Crippen LogP) is 1.50. The fourth-order valence-corrected chi connectivity index (χ4v) is 2.50. The topological polar surface area (TPSA) is 96.4 Å². The summed E-state index contributed by atoms with van der Waals surface area (Å²) in [6.45, 7) is 0.0594. The van der Waals surface area contributed by atoms with E-state index in [0.29, 0.717) is 18.4 Å². The van der Waals surface area contributed by atoms with Gasteiger partial charge in [-0.05, 0) is 25.0 Å². The molecule has 0 spiro atoms. The van der Waals surface area contributed by atoms with E-state index in [1.54, 1.807) is 30.3 Å². The molecular formula is C16H16FN3O4. The van der Waals surface area contributed by atoms with Crippen molar-refractivity contribution in [2.75, 3.05) is 12.3 Å². The van der Waals surface area contributed by atoms with Crippen LogP contribution in [0.3, 0.4) is 0 Å². The van der Waals surface area contributed by atoms with E-state index in [-0.39, 0.29) is 12.7 Å². The van der Waals surface area contributed by atoms with Gasteiger partial charge in [-0.2, -0.15) is 4.98 Å². The number of nitrogens with zero attached hydrogens (tertiary/aromatic N) is 2. The molecule has 1 saturated heterocycles. The van der Waals surface area contributed by atoms with Gasteiger partial charge in [-0.3, -0.25) is 4.57 Å². The lowest BCUT2D eigenvalue weighted by Crippen LogP contribution is -2.29. The van der Waals surface area contributed by atoms with Crippen LogP contribution in [0.5, 0.6) is 0 Å². The van der Waals surface area contributed by atoms with Crippen molar-refractivity contribution in [1.29, 1.82) is 0 Å². The van der Waals surface area contributed by atoms with Crippen molar-refractivity contribution in [3.8, 4) is 0 Å². The average molecular weight is 333 g/mol. The summed E-state index contributed by atoms with van der Waals surface area (Å²) in [5, 5.41) is 0. The number of benzene rings is 1. The summed E-state index contributed by atoms with van der Waals surface area (Å²) in [4.78, 5) is 27.1. The number of rotatable bonds is 4. The Bertz CT molecular complexity index is 794. The van der Waals surface area contributed by atoms with Crippen LogP contribution >= 0.6 is 0 Å². The maximum atomic E-state index is 13.5. The van der Waals surface area contributed by atoms with Gasteiger partial charge in [0.15, 0.2) is 11.6 Å². The number of carbonyl (C=O) groups excluding carboxylic acids is 1. The lowest BCUT2D eigenvalue weighted by molar-refractivity contribution is -0.0342. The highest BCUT2D eigenvalue weighted by Crippen LogP contribution is 2.27. The summed E-state index contributed by atoms with van der Waals surface area (Å²) in [5.74, 6) is -1.67. The zero-order valence-electron chi connectivity index (χ0n) is 12.7. The summed E-state index contributed by atoms with van der Waals surface area (Å²) >= 11 is 0. The fraction of sp³-hybridized carbons (Fsp3) is 0.312. The largest absolute Gasteiger partial charge is 0.459 e. The van der Waals surface area contributed by atoms with Crippen LogP contribution in [0, 0.1) is 5.82 Å². The number of carbonyl (C=O) groups is 1. The van der Waals surface area contributed by atoms with Crippen LogP contribution in [-0.4, -0.2) is 28.2 Å². The monoisotopic (exact) mass is 333 g/mol. The molecule has 0 amide bonds. The Kier molecular flexibility index (Phi) is 4.57. The van der Waals surface area contributed by atoms with Gasteiger partial charge in [0.25, 0.3) is 0 Å². The molecule has 24 heavy (non-hydrogen) atoms. The van der Waals surface area contributed by atoms with Crippen molar-refractivity contribution in [3.05, 3.63) is 58.4 Å². The highest BCUT2D eigenvalue weighted by Gasteiger charge is 2.29. The van der Waals surface area contributed by atoms with Gasteiger partial charge in [-0.15, -0.1) is 0 Å². The third-order valence-corrected chi connectivity index (χ3v) is 3.74. The number of esters is 1. The molecule has 1 aliphatic heterocycles. The number of aromatic nitrogens is 2. The number of nitrogen functional groups attached to an aromatic ring is 1. The lowest BCUT2D eigenvalue weighted by atomic mass is 10.2. The second-order valence-electron chi connectivity index (χ2n) is 5.42. The van der Waals surface area contributed by atoms with E-state index in [0.717, 1.165) is 10.8 Å². The zero-order chi connectivity index (χ0) is 17.1. The molecule has 8 heteroatoms. The molecule has 0 aliphatic carbocycles. The molecule has 2 heterocycles. The van der Waals surface area contributed by atoms with Gasteiger partial charge in [0.1, 0.15) is 12.8 Å². The Hall–Kier alpha value is -2.74. The number of anilines is 1. The quantitative estimate of drug-likeness (QED) is 0.852. The van der Waals surface area contributed by atoms with Crippen molar-refractivity contribution in [2.24, 2.45) is 0 Å². The lowest BCUT2D eigenvalue weighted by Gasteiger charge is -2.16. The van der Waals surface area contributed by atoms with Gasteiger partial charge < -0.3 is 15.2 Å².